The van der Waals surface area contributed by atoms with E-state index in [2.05, 4.69) is 4.98 Å². The number of thiazole rings is 1. The van der Waals surface area contributed by atoms with E-state index in [-0.39, 0.29) is 6.54 Å². The lowest BCUT2D eigenvalue weighted by Gasteiger charge is -2.35. The Morgan fingerprint density at radius 1 is 1.41 bits per heavy atom. The molecule has 1 atom stereocenters. The van der Waals surface area contributed by atoms with Crippen molar-refractivity contribution >= 4 is 17.3 Å². The number of nitrogens with zero attached hydrogens (tertiary/aromatic N) is 2. The normalized spacial score (nSPS) is 17.9. The molecule has 146 valence electrons. The highest BCUT2D eigenvalue weighted by Gasteiger charge is 2.28. The number of hydrogen-bond acceptors (Lipinski definition) is 6. The van der Waals surface area contributed by atoms with Gasteiger partial charge in [0.1, 0.15) is 10.8 Å². The Hall–Kier alpha value is -2.06. The first-order valence-electron chi connectivity index (χ1n) is 8.82. The van der Waals surface area contributed by atoms with Crippen LogP contribution in [-0.4, -0.2) is 48.7 Å². The van der Waals surface area contributed by atoms with E-state index in [0.29, 0.717) is 34.8 Å². The van der Waals surface area contributed by atoms with Crippen LogP contribution in [-0.2, 0) is 4.74 Å². The molecule has 1 aromatic heterocycles. The van der Waals surface area contributed by atoms with Crippen LogP contribution in [0.2, 0.25) is 0 Å². The van der Waals surface area contributed by atoms with Gasteiger partial charge in [0, 0.05) is 17.6 Å². The maximum Gasteiger partial charge on any atom is 0.338 e. The molecule has 1 aliphatic heterocycles. The number of aryl methyl sites for hydroxylation is 1. The van der Waals surface area contributed by atoms with E-state index in [1.165, 1.54) is 18.4 Å². The summed E-state index contributed by atoms with van der Waals surface area (Å²) in [4.78, 5) is 19.3. The summed E-state index contributed by atoms with van der Waals surface area (Å²) in [7, 11) is 1.32. The van der Waals surface area contributed by atoms with Crippen LogP contribution in [0, 0.1) is 6.92 Å². The summed E-state index contributed by atoms with van der Waals surface area (Å²) in [5, 5.41) is 0.639. The fraction of sp³-hybridized carbons (Fsp3) is 0.474. The van der Waals surface area contributed by atoms with Gasteiger partial charge in [0.05, 0.1) is 24.8 Å². The summed E-state index contributed by atoms with van der Waals surface area (Å²) in [6, 6.07) is 5.10. The summed E-state index contributed by atoms with van der Waals surface area (Å²) in [6.45, 7) is 2.17. The first-order valence-corrected chi connectivity index (χ1v) is 9.64. The third kappa shape index (κ3) is 4.62. The van der Waals surface area contributed by atoms with Crippen molar-refractivity contribution in [2.45, 2.75) is 38.8 Å². The van der Waals surface area contributed by atoms with Crippen molar-refractivity contribution in [3.05, 3.63) is 34.8 Å². The smallest absolute Gasteiger partial charge is 0.338 e. The van der Waals surface area contributed by atoms with Crippen molar-refractivity contribution in [1.29, 1.82) is 0 Å². The summed E-state index contributed by atoms with van der Waals surface area (Å²) in [5.74, 6) is -0.0326. The Morgan fingerprint density at radius 3 is 2.89 bits per heavy atom. The average Bonchev–Trinajstić information content (AvgIpc) is 3.08. The molecule has 1 aromatic carbocycles. The number of carbonyl (C=O) groups is 1. The van der Waals surface area contributed by atoms with Gasteiger partial charge < -0.3 is 9.47 Å². The molecule has 27 heavy (non-hydrogen) atoms. The number of halogens is 2. The second-order valence-corrected chi connectivity index (χ2v) is 7.64. The quantitative estimate of drug-likeness (QED) is 0.679. The average molecular weight is 396 g/mol. The molecule has 8 heteroatoms. The molecule has 5 nitrogen and oxygen atoms in total. The fourth-order valence-electron chi connectivity index (χ4n) is 3.23. The molecule has 3 rings (SSSR count). The molecule has 0 saturated carbocycles. The Labute approximate surface area is 160 Å². The van der Waals surface area contributed by atoms with Crippen molar-refractivity contribution in [1.82, 2.24) is 9.88 Å². The van der Waals surface area contributed by atoms with E-state index in [1.54, 1.807) is 29.3 Å². The van der Waals surface area contributed by atoms with Crippen LogP contribution in [0.4, 0.5) is 8.78 Å². The first kappa shape index (κ1) is 19.7. The molecule has 0 bridgehead atoms. The van der Waals surface area contributed by atoms with Gasteiger partial charge >= 0.3 is 5.97 Å². The molecule has 1 unspecified atom stereocenters. The molecule has 2 heterocycles. The van der Waals surface area contributed by atoms with Crippen LogP contribution >= 0.6 is 11.3 Å². The molecule has 0 aliphatic carbocycles. The van der Waals surface area contributed by atoms with Crippen molar-refractivity contribution in [2.24, 2.45) is 0 Å². The molecular formula is C19H22F2N2O3S. The summed E-state index contributed by atoms with van der Waals surface area (Å²) < 4.78 is 36.9. The lowest BCUT2D eigenvalue weighted by Crippen LogP contribution is -2.45. The van der Waals surface area contributed by atoms with E-state index < -0.39 is 18.6 Å². The number of ether oxygens (including phenoxy) is 2. The maximum absolute atomic E-state index is 12.9. The molecule has 0 N–H and O–H groups in total. The second-order valence-electron chi connectivity index (χ2n) is 6.40. The minimum Gasteiger partial charge on any atom is -0.474 e. The van der Waals surface area contributed by atoms with Gasteiger partial charge in [-0.1, -0.05) is 6.07 Å². The van der Waals surface area contributed by atoms with Gasteiger partial charge in [-0.2, -0.15) is 0 Å². The van der Waals surface area contributed by atoms with Crippen molar-refractivity contribution < 1.29 is 23.0 Å². The molecule has 1 saturated heterocycles. The Morgan fingerprint density at radius 2 is 2.22 bits per heavy atom. The molecular weight excluding hydrogens is 374 g/mol. The first-order chi connectivity index (χ1) is 13.0. The maximum atomic E-state index is 12.9. The molecule has 0 radical (unpaired) electrons. The molecule has 2 aromatic rings. The number of aromatic nitrogens is 1. The van der Waals surface area contributed by atoms with Gasteiger partial charge in [0.25, 0.3) is 6.43 Å². The number of alkyl halides is 2. The highest BCUT2D eigenvalue weighted by atomic mass is 32.1. The fourth-order valence-corrected chi connectivity index (χ4v) is 4.06. The second kappa shape index (κ2) is 8.75. The van der Waals surface area contributed by atoms with Crippen LogP contribution in [0.1, 0.15) is 34.5 Å². The number of esters is 1. The minimum atomic E-state index is -2.42. The lowest BCUT2D eigenvalue weighted by atomic mass is 10.1. The number of piperidine rings is 1. The zero-order valence-corrected chi connectivity index (χ0v) is 16.1. The summed E-state index contributed by atoms with van der Waals surface area (Å²) in [6.07, 6.45) is 1.28. The lowest BCUT2D eigenvalue weighted by molar-refractivity contribution is -0.0361. The number of carbonyl (C=O) groups excluding carboxylic acids is 1. The zero-order chi connectivity index (χ0) is 19.4. The van der Waals surface area contributed by atoms with Gasteiger partial charge in [0.2, 0.25) is 0 Å². The summed E-state index contributed by atoms with van der Waals surface area (Å²) in [5.41, 5.74) is 0.894. The highest BCUT2D eigenvalue weighted by molar-refractivity contribution is 7.15. The van der Waals surface area contributed by atoms with Gasteiger partial charge in [-0.3, -0.25) is 4.90 Å². The Balaban J connectivity index is 1.98. The Kier molecular flexibility index (Phi) is 6.38. The number of likely N-dealkylation sites (tertiary alicyclic amines) is 1. The van der Waals surface area contributed by atoms with Crippen LogP contribution in [0.5, 0.6) is 5.75 Å². The molecule has 0 spiro atoms. The number of benzene rings is 1. The molecule has 0 amide bonds. The molecule has 1 fully saturated rings. The van der Waals surface area contributed by atoms with Crippen LogP contribution in [0.15, 0.2) is 24.4 Å². The SMILES string of the molecule is COC(=O)c1cccc(OC2CCCCN2CC(F)F)c1-c1ncc(C)s1. The standard InChI is InChI=1S/C19H22F2N2O3S/c1-12-10-22-18(27-12)17-13(19(24)25-2)6-5-7-14(17)26-16-8-3-4-9-23(16)11-15(20)21/h5-7,10,15-16H,3-4,8-9,11H2,1-2H3. The molecule has 1 aliphatic rings. The third-order valence-electron chi connectivity index (χ3n) is 4.46. The van der Waals surface area contributed by atoms with E-state index >= 15 is 0 Å². The summed E-state index contributed by atoms with van der Waals surface area (Å²) >= 11 is 1.44. The predicted molar refractivity (Wildman–Crippen MR) is 99.5 cm³/mol. The zero-order valence-electron chi connectivity index (χ0n) is 15.3. The van der Waals surface area contributed by atoms with Gasteiger partial charge in [0.15, 0.2) is 6.23 Å². The van der Waals surface area contributed by atoms with Gasteiger partial charge in [-0.05, 0) is 38.3 Å². The van der Waals surface area contributed by atoms with Crippen LogP contribution < -0.4 is 4.74 Å². The van der Waals surface area contributed by atoms with E-state index in [1.807, 2.05) is 6.92 Å². The van der Waals surface area contributed by atoms with E-state index in [0.717, 1.165) is 17.7 Å². The monoisotopic (exact) mass is 396 g/mol. The Bertz CT molecular complexity index is 797. The van der Waals surface area contributed by atoms with Crippen LogP contribution in [0.25, 0.3) is 10.6 Å². The third-order valence-corrected chi connectivity index (χ3v) is 5.39. The van der Waals surface area contributed by atoms with E-state index in [9.17, 15) is 13.6 Å². The van der Waals surface area contributed by atoms with Crippen LogP contribution in [0.3, 0.4) is 0 Å². The van der Waals surface area contributed by atoms with E-state index in [4.69, 9.17) is 9.47 Å². The number of hydrogen-bond donors (Lipinski definition) is 0. The van der Waals surface area contributed by atoms with Gasteiger partial charge in [-0.25, -0.2) is 18.6 Å². The van der Waals surface area contributed by atoms with Crippen molar-refractivity contribution in [2.75, 3.05) is 20.2 Å². The van der Waals surface area contributed by atoms with Crippen molar-refractivity contribution in [3.8, 4) is 16.3 Å². The largest absolute Gasteiger partial charge is 0.474 e. The highest BCUT2D eigenvalue weighted by Crippen LogP contribution is 2.38. The topological polar surface area (TPSA) is 51.7 Å². The minimum absolute atomic E-state index is 0.326. The number of methoxy groups -OCH3 is 1. The van der Waals surface area contributed by atoms with Gasteiger partial charge in [-0.15, -0.1) is 11.3 Å². The van der Waals surface area contributed by atoms with Crippen molar-refractivity contribution in [3.63, 3.8) is 0 Å². The predicted octanol–water partition coefficient (Wildman–Crippen LogP) is 4.36. The number of rotatable bonds is 6.